The van der Waals surface area contributed by atoms with E-state index >= 15 is 0 Å². The molecule has 1 aromatic carbocycles. The van der Waals surface area contributed by atoms with Crippen molar-refractivity contribution in [3.05, 3.63) is 24.3 Å². The fraction of sp³-hybridized carbons (Fsp3) is 0.400. The van der Waals surface area contributed by atoms with E-state index in [4.69, 9.17) is 4.42 Å². The molecule has 1 heterocycles. The topological polar surface area (TPSA) is 68.0 Å². The van der Waals surface area contributed by atoms with Crippen LogP contribution in [0.15, 0.2) is 33.6 Å². The number of benzene rings is 1. The summed E-state index contributed by atoms with van der Waals surface area (Å²) in [5.41, 5.74) is 0.834. The second-order valence-electron chi connectivity index (χ2n) is 5.25. The first kappa shape index (κ1) is 15.6. The molecule has 1 N–H and O–H groups in total. The van der Waals surface area contributed by atoms with E-state index in [1.54, 1.807) is 25.6 Å². The summed E-state index contributed by atoms with van der Waals surface area (Å²) in [7, 11) is 0. The summed E-state index contributed by atoms with van der Waals surface area (Å²) in [5, 5.41) is 10.9. The average Bonchev–Trinajstić information content (AvgIpc) is 2.87. The molecule has 112 valence electrons. The van der Waals surface area contributed by atoms with E-state index in [1.807, 2.05) is 24.3 Å². The van der Waals surface area contributed by atoms with Gasteiger partial charge >= 0.3 is 6.01 Å². The molecule has 0 bridgehead atoms. The lowest BCUT2D eigenvalue weighted by Gasteiger charge is -2.04. The van der Waals surface area contributed by atoms with E-state index in [-0.39, 0.29) is 17.8 Å². The van der Waals surface area contributed by atoms with Crippen molar-refractivity contribution in [1.29, 1.82) is 0 Å². The highest BCUT2D eigenvalue weighted by atomic mass is 32.2. The van der Waals surface area contributed by atoms with E-state index < -0.39 is 0 Å². The van der Waals surface area contributed by atoms with Gasteiger partial charge in [-0.1, -0.05) is 32.8 Å². The fourth-order valence-corrected chi connectivity index (χ4v) is 2.43. The minimum absolute atomic E-state index is 0.129. The molecule has 0 unspecified atom stereocenters. The first-order valence-electron chi connectivity index (χ1n) is 6.87. The Balaban J connectivity index is 2.09. The number of thioether (sulfide) groups is 1. The Morgan fingerprint density at radius 2 is 1.81 bits per heavy atom. The molecule has 0 fully saturated rings. The summed E-state index contributed by atoms with van der Waals surface area (Å²) >= 11 is 1.80. The molecule has 2 rings (SSSR count). The maximum absolute atomic E-state index is 11.6. The average molecular weight is 305 g/mol. The molecule has 0 spiro atoms. The van der Waals surface area contributed by atoms with Crippen LogP contribution in [0.2, 0.25) is 0 Å². The number of carbonyl (C=O) groups is 1. The number of carbonyl (C=O) groups excluding carboxylic acids is 1. The molecule has 0 aliphatic carbocycles. The van der Waals surface area contributed by atoms with Gasteiger partial charge in [0.2, 0.25) is 11.8 Å². The minimum atomic E-state index is -0.145. The molecule has 5 nitrogen and oxygen atoms in total. The normalized spacial score (nSPS) is 11.1. The van der Waals surface area contributed by atoms with Crippen LogP contribution in [0.5, 0.6) is 0 Å². The van der Waals surface area contributed by atoms with Crippen molar-refractivity contribution in [2.45, 2.75) is 37.8 Å². The van der Waals surface area contributed by atoms with Gasteiger partial charge in [-0.25, -0.2) is 0 Å². The molecule has 0 aliphatic rings. The lowest BCUT2D eigenvalue weighted by molar-refractivity contribution is -0.119. The van der Waals surface area contributed by atoms with E-state index in [0.717, 1.165) is 5.56 Å². The van der Waals surface area contributed by atoms with Gasteiger partial charge in [-0.3, -0.25) is 10.1 Å². The molecule has 0 saturated carbocycles. The molecule has 2 aromatic rings. The van der Waals surface area contributed by atoms with E-state index in [1.165, 1.54) is 4.90 Å². The quantitative estimate of drug-likeness (QED) is 0.850. The Kier molecular flexibility index (Phi) is 5.01. The number of hydrogen-bond donors (Lipinski definition) is 1. The van der Waals surface area contributed by atoms with Crippen LogP contribution in [0.4, 0.5) is 6.01 Å². The van der Waals surface area contributed by atoms with Crippen molar-refractivity contribution < 1.29 is 9.21 Å². The van der Waals surface area contributed by atoms with Crippen LogP contribution in [0.1, 0.15) is 27.7 Å². The van der Waals surface area contributed by atoms with Crippen molar-refractivity contribution in [3.8, 4) is 11.5 Å². The molecule has 0 saturated heterocycles. The number of amides is 1. The van der Waals surface area contributed by atoms with Gasteiger partial charge in [-0.2, -0.15) is 0 Å². The lowest BCUT2D eigenvalue weighted by Crippen LogP contribution is -2.17. The molecule has 0 atom stereocenters. The van der Waals surface area contributed by atoms with E-state index in [0.29, 0.717) is 11.1 Å². The zero-order chi connectivity index (χ0) is 15.4. The van der Waals surface area contributed by atoms with Crippen LogP contribution in [-0.4, -0.2) is 21.4 Å². The summed E-state index contributed by atoms with van der Waals surface area (Å²) in [6, 6.07) is 8.05. The maximum Gasteiger partial charge on any atom is 0.322 e. The van der Waals surface area contributed by atoms with Crippen LogP contribution in [-0.2, 0) is 4.79 Å². The summed E-state index contributed by atoms with van der Waals surface area (Å²) in [6.45, 7) is 7.91. The summed E-state index contributed by atoms with van der Waals surface area (Å²) in [6.07, 6.45) is 0. The number of aromatic nitrogens is 2. The van der Waals surface area contributed by atoms with Crippen molar-refractivity contribution in [2.24, 2.45) is 5.92 Å². The third-order valence-corrected chi connectivity index (χ3v) is 3.67. The summed E-state index contributed by atoms with van der Waals surface area (Å²) in [5.74, 6) is 0.122. The van der Waals surface area contributed by atoms with Crippen molar-refractivity contribution in [3.63, 3.8) is 0 Å². The Hall–Kier alpha value is -1.82. The van der Waals surface area contributed by atoms with Crippen molar-refractivity contribution in [1.82, 2.24) is 10.2 Å². The number of nitrogens with one attached hydrogen (secondary N) is 1. The second-order valence-corrected chi connectivity index (χ2v) is 6.90. The number of rotatable bonds is 5. The van der Waals surface area contributed by atoms with Crippen LogP contribution in [0, 0.1) is 5.92 Å². The third kappa shape index (κ3) is 4.32. The summed E-state index contributed by atoms with van der Waals surface area (Å²) in [4.78, 5) is 12.8. The zero-order valence-corrected chi connectivity index (χ0v) is 13.4. The Bertz CT molecular complexity index is 606. The van der Waals surface area contributed by atoms with Gasteiger partial charge in [0.1, 0.15) is 0 Å². The lowest BCUT2D eigenvalue weighted by atomic mass is 10.2. The third-order valence-electron chi connectivity index (χ3n) is 2.65. The molecule has 1 aromatic heterocycles. The van der Waals surface area contributed by atoms with Gasteiger partial charge in [-0.15, -0.1) is 16.9 Å². The number of hydrogen-bond acceptors (Lipinski definition) is 5. The smallest absolute Gasteiger partial charge is 0.322 e. The van der Waals surface area contributed by atoms with E-state index in [2.05, 4.69) is 29.4 Å². The molecule has 0 radical (unpaired) electrons. The van der Waals surface area contributed by atoms with Gasteiger partial charge in [-0.05, 0) is 24.3 Å². The molecule has 0 aliphatic heterocycles. The van der Waals surface area contributed by atoms with Crippen LogP contribution >= 0.6 is 11.8 Å². The van der Waals surface area contributed by atoms with Crippen molar-refractivity contribution >= 4 is 23.7 Å². The van der Waals surface area contributed by atoms with Gasteiger partial charge in [0, 0.05) is 21.6 Å². The standard InChI is InChI=1S/C15H19N3O2S/c1-9(2)13(19)16-15-18-17-14(20-15)11-5-7-12(8-6-11)21-10(3)4/h5-10H,1-4H3,(H,16,18,19). The largest absolute Gasteiger partial charge is 0.403 e. The number of anilines is 1. The monoisotopic (exact) mass is 305 g/mol. The second kappa shape index (κ2) is 6.76. The first-order chi connectivity index (χ1) is 9.95. The fourth-order valence-electron chi connectivity index (χ4n) is 1.59. The Morgan fingerprint density at radius 1 is 1.14 bits per heavy atom. The SMILES string of the molecule is CC(C)Sc1ccc(-c2nnc(NC(=O)C(C)C)o2)cc1. The summed E-state index contributed by atoms with van der Waals surface area (Å²) < 4.78 is 5.45. The number of nitrogens with zero attached hydrogens (tertiary/aromatic N) is 2. The van der Waals surface area contributed by atoms with Gasteiger partial charge in [0.25, 0.3) is 0 Å². The van der Waals surface area contributed by atoms with E-state index in [9.17, 15) is 4.79 Å². The Labute approximate surface area is 128 Å². The van der Waals surface area contributed by atoms with Gasteiger partial charge in [0.05, 0.1) is 0 Å². The van der Waals surface area contributed by atoms with Crippen molar-refractivity contribution in [2.75, 3.05) is 5.32 Å². The minimum Gasteiger partial charge on any atom is -0.403 e. The predicted octanol–water partition coefficient (Wildman–Crippen LogP) is 3.83. The zero-order valence-electron chi connectivity index (χ0n) is 12.6. The van der Waals surface area contributed by atoms with Crippen LogP contribution in [0.3, 0.4) is 0 Å². The highest BCUT2D eigenvalue weighted by Gasteiger charge is 2.13. The van der Waals surface area contributed by atoms with Crippen LogP contribution in [0.25, 0.3) is 11.5 Å². The molecule has 6 heteroatoms. The van der Waals surface area contributed by atoms with Crippen LogP contribution < -0.4 is 5.32 Å². The molecular formula is C15H19N3O2S. The molecule has 21 heavy (non-hydrogen) atoms. The maximum atomic E-state index is 11.6. The van der Waals surface area contributed by atoms with Gasteiger partial charge in [0.15, 0.2) is 0 Å². The predicted molar refractivity (Wildman–Crippen MR) is 84.2 cm³/mol. The Morgan fingerprint density at radius 3 is 2.38 bits per heavy atom. The highest BCUT2D eigenvalue weighted by Crippen LogP contribution is 2.26. The first-order valence-corrected chi connectivity index (χ1v) is 7.75. The molecule has 1 amide bonds. The highest BCUT2D eigenvalue weighted by molar-refractivity contribution is 7.99. The molecular weight excluding hydrogens is 286 g/mol. The van der Waals surface area contributed by atoms with Gasteiger partial charge < -0.3 is 4.42 Å².